The Morgan fingerprint density at radius 3 is 2.60 bits per heavy atom. The predicted octanol–water partition coefficient (Wildman–Crippen LogP) is 2.61. The Bertz CT molecular complexity index is 389. The number of nitrogens with one attached hydrogen (secondary N) is 1. The molecule has 1 atom stereocenters. The average molecular weight is 484 g/mol. The minimum atomic E-state index is 0. The zero-order valence-corrected chi connectivity index (χ0v) is 19.5. The minimum absolute atomic E-state index is 0. The molecule has 2 aliphatic rings. The second-order valence-electron chi connectivity index (χ2n) is 7.31. The molecule has 148 valence electrons. The summed E-state index contributed by atoms with van der Waals surface area (Å²) in [5.41, 5.74) is 0. The number of methoxy groups -OCH3 is 1. The molecular weight excluding hydrogens is 447 g/mol. The van der Waals surface area contributed by atoms with Crippen LogP contribution < -0.4 is 5.32 Å². The van der Waals surface area contributed by atoms with Crippen LogP contribution >= 0.6 is 35.7 Å². The molecule has 0 saturated carbocycles. The molecule has 0 aromatic rings. The lowest BCUT2D eigenvalue weighted by Crippen LogP contribution is -2.50. The summed E-state index contributed by atoms with van der Waals surface area (Å²) in [6.07, 6.45) is 2.55. The molecule has 25 heavy (non-hydrogen) atoms. The van der Waals surface area contributed by atoms with Crippen LogP contribution in [0.1, 0.15) is 26.7 Å². The minimum Gasteiger partial charge on any atom is -0.383 e. The third kappa shape index (κ3) is 7.81. The van der Waals surface area contributed by atoms with E-state index in [1.165, 1.54) is 31.7 Å². The number of rotatable bonds is 6. The molecule has 2 rings (SSSR count). The topological polar surface area (TPSA) is 40.1 Å². The van der Waals surface area contributed by atoms with Crippen LogP contribution in [0.3, 0.4) is 0 Å². The van der Waals surface area contributed by atoms with Crippen molar-refractivity contribution in [2.45, 2.75) is 31.9 Å². The molecular formula is C18H37IN4OS. The van der Waals surface area contributed by atoms with Crippen molar-refractivity contribution in [2.75, 3.05) is 65.8 Å². The molecule has 7 heteroatoms. The van der Waals surface area contributed by atoms with Crippen LogP contribution in [0.25, 0.3) is 0 Å². The quantitative estimate of drug-likeness (QED) is 0.357. The first-order chi connectivity index (χ1) is 11.6. The van der Waals surface area contributed by atoms with E-state index >= 15 is 0 Å². The molecule has 0 bridgehead atoms. The van der Waals surface area contributed by atoms with E-state index in [1.54, 1.807) is 7.11 Å². The van der Waals surface area contributed by atoms with Crippen molar-refractivity contribution in [3.8, 4) is 0 Å². The van der Waals surface area contributed by atoms with Gasteiger partial charge in [0, 0.05) is 51.3 Å². The van der Waals surface area contributed by atoms with Gasteiger partial charge in [-0.1, -0.05) is 13.8 Å². The first-order valence-electron chi connectivity index (χ1n) is 9.42. The normalized spacial score (nSPS) is 23.6. The summed E-state index contributed by atoms with van der Waals surface area (Å²) >= 11 is 2.12. The molecule has 0 aromatic heterocycles. The van der Waals surface area contributed by atoms with Crippen molar-refractivity contribution in [2.24, 2.45) is 16.8 Å². The van der Waals surface area contributed by atoms with Crippen LogP contribution in [0, 0.1) is 11.8 Å². The van der Waals surface area contributed by atoms with Crippen molar-refractivity contribution in [1.82, 2.24) is 15.1 Å². The maximum atomic E-state index is 5.18. The Kier molecular flexibility index (Phi) is 11.8. The maximum absolute atomic E-state index is 5.18. The van der Waals surface area contributed by atoms with E-state index in [0.29, 0.717) is 0 Å². The largest absolute Gasteiger partial charge is 0.383 e. The highest BCUT2D eigenvalue weighted by Gasteiger charge is 2.25. The van der Waals surface area contributed by atoms with Crippen molar-refractivity contribution in [3.05, 3.63) is 0 Å². The molecule has 1 unspecified atom stereocenters. The summed E-state index contributed by atoms with van der Waals surface area (Å²) in [4.78, 5) is 9.51. The van der Waals surface area contributed by atoms with Gasteiger partial charge in [0.2, 0.25) is 0 Å². The summed E-state index contributed by atoms with van der Waals surface area (Å²) in [6.45, 7) is 12.3. The lowest BCUT2D eigenvalue weighted by Gasteiger charge is -2.37. The highest BCUT2D eigenvalue weighted by Crippen LogP contribution is 2.25. The van der Waals surface area contributed by atoms with Crippen LogP contribution in [0.15, 0.2) is 4.99 Å². The molecule has 0 aliphatic carbocycles. The van der Waals surface area contributed by atoms with Crippen molar-refractivity contribution >= 4 is 41.7 Å². The second kappa shape index (κ2) is 12.6. The van der Waals surface area contributed by atoms with E-state index in [2.05, 4.69) is 45.7 Å². The van der Waals surface area contributed by atoms with Crippen molar-refractivity contribution < 1.29 is 4.74 Å². The van der Waals surface area contributed by atoms with Crippen molar-refractivity contribution in [3.63, 3.8) is 0 Å². The molecule has 2 heterocycles. The third-order valence-corrected chi connectivity index (χ3v) is 6.76. The number of aliphatic imine (C=N–C) groups is 1. The zero-order valence-electron chi connectivity index (χ0n) is 16.4. The lowest BCUT2D eigenvalue weighted by molar-refractivity contribution is 0.120. The van der Waals surface area contributed by atoms with Crippen LogP contribution in [0.2, 0.25) is 0 Å². The van der Waals surface area contributed by atoms with Gasteiger partial charge >= 0.3 is 0 Å². The van der Waals surface area contributed by atoms with Crippen LogP contribution in [-0.2, 0) is 4.74 Å². The zero-order chi connectivity index (χ0) is 17.4. The number of ether oxygens (including phenoxy) is 1. The fourth-order valence-electron chi connectivity index (χ4n) is 3.47. The van der Waals surface area contributed by atoms with E-state index in [-0.39, 0.29) is 24.0 Å². The summed E-state index contributed by atoms with van der Waals surface area (Å²) in [5, 5.41) is 4.37. The predicted molar refractivity (Wildman–Crippen MR) is 120 cm³/mol. The highest BCUT2D eigenvalue weighted by molar-refractivity contribution is 14.0. The van der Waals surface area contributed by atoms with E-state index in [0.717, 1.165) is 55.8 Å². The number of likely N-dealkylation sites (tertiary alicyclic amines) is 1. The van der Waals surface area contributed by atoms with E-state index < -0.39 is 0 Å². The van der Waals surface area contributed by atoms with E-state index in [9.17, 15) is 0 Å². The average Bonchev–Trinajstić information content (AvgIpc) is 2.61. The lowest BCUT2D eigenvalue weighted by atomic mass is 9.97. The van der Waals surface area contributed by atoms with Crippen LogP contribution in [-0.4, -0.2) is 86.8 Å². The molecule has 0 aromatic carbocycles. The van der Waals surface area contributed by atoms with Gasteiger partial charge in [0.05, 0.1) is 6.61 Å². The number of nitrogens with zero attached hydrogens (tertiary/aromatic N) is 3. The third-order valence-electron chi connectivity index (χ3n) is 5.22. The summed E-state index contributed by atoms with van der Waals surface area (Å²) < 4.78 is 5.18. The summed E-state index contributed by atoms with van der Waals surface area (Å²) in [6, 6.07) is 0. The smallest absolute Gasteiger partial charge is 0.193 e. The summed E-state index contributed by atoms with van der Waals surface area (Å²) in [5.74, 6) is 3.80. The first kappa shape index (κ1) is 23.3. The maximum Gasteiger partial charge on any atom is 0.193 e. The number of hydrogen-bond acceptors (Lipinski definition) is 4. The Hall–Kier alpha value is 0.270. The van der Waals surface area contributed by atoms with Crippen molar-refractivity contribution in [1.29, 1.82) is 0 Å². The molecule has 5 nitrogen and oxygen atoms in total. The molecule has 2 fully saturated rings. The van der Waals surface area contributed by atoms with Gasteiger partial charge < -0.3 is 19.9 Å². The van der Waals surface area contributed by atoms with Gasteiger partial charge in [-0.15, -0.1) is 24.0 Å². The molecule has 2 aliphatic heterocycles. The molecule has 0 radical (unpaired) electrons. The Morgan fingerprint density at radius 1 is 1.28 bits per heavy atom. The first-order valence-corrected chi connectivity index (χ1v) is 10.5. The SMILES string of the molecule is CN=C(NCC1CCN(CCOC)CC1)N1CCSC(C(C)C)C1.I. The number of thioether (sulfide) groups is 1. The molecule has 1 N–H and O–H groups in total. The Balaban J connectivity index is 0.00000312. The van der Waals surface area contributed by atoms with Gasteiger partial charge in [-0.05, 0) is 37.8 Å². The number of guanidine groups is 1. The Morgan fingerprint density at radius 2 is 2.00 bits per heavy atom. The van der Waals surface area contributed by atoms with Gasteiger partial charge in [0.1, 0.15) is 0 Å². The van der Waals surface area contributed by atoms with Gasteiger partial charge in [-0.25, -0.2) is 0 Å². The van der Waals surface area contributed by atoms with E-state index in [1.807, 2.05) is 7.05 Å². The monoisotopic (exact) mass is 484 g/mol. The Labute approximate surface area is 175 Å². The number of halogens is 1. The molecule has 0 amide bonds. The van der Waals surface area contributed by atoms with Gasteiger partial charge in [-0.2, -0.15) is 11.8 Å². The standard InChI is InChI=1S/C18H36N4OS.HI/c1-15(2)17-14-22(10-12-24-17)18(19-3)20-13-16-5-7-21(8-6-16)9-11-23-4;/h15-17H,5-14H2,1-4H3,(H,19,20);1H. The molecule has 0 spiro atoms. The van der Waals surface area contributed by atoms with E-state index in [4.69, 9.17) is 4.74 Å². The second-order valence-corrected chi connectivity index (χ2v) is 8.65. The van der Waals surface area contributed by atoms with Crippen LogP contribution in [0.4, 0.5) is 0 Å². The van der Waals surface area contributed by atoms with Gasteiger partial charge in [-0.3, -0.25) is 4.99 Å². The van der Waals surface area contributed by atoms with Crippen LogP contribution in [0.5, 0.6) is 0 Å². The number of piperidine rings is 1. The fraction of sp³-hybridized carbons (Fsp3) is 0.944. The summed E-state index contributed by atoms with van der Waals surface area (Å²) in [7, 11) is 3.70. The molecule has 2 saturated heterocycles. The van der Waals surface area contributed by atoms with Gasteiger partial charge in [0.25, 0.3) is 0 Å². The highest BCUT2D eigenvalue weighted by atomic mass is 127. The van der Waals surface area contributed by atoms with Gasteiger partial charge in [0.15, 0.2) is 5.96 Å². The fourth-order valence-corrected chi connectivity index (χ4v) is 4.77. The number of hydrogen-bond donors (Lipinski definition) is 1.